The molecule has 4 nitrogen and oxygen atoms in total. The van der Waals surface area contributed by atoms with Crippen LogP contribution in [0.3, 0.4) is 0 Å². The van der Waals surface area contributed by atoms with E-state index in [0.717, 1.165) is 34.0 Å². The number of amides is 2. The second-order valence-electron chi connectivity index (χ2n) is 8.69. The van der Waals surface area contributed by atoms with Crippen LogP contribution in [-0.2, 0) is 28.3 Å². The Labute approximate surface area is 242 Å². The number of carbonyl (C=O) groups is 2. The highest BCUT2D eigenvalue weighted by molar-refractivity contribution is 9.10. The zero-order valence-corrected chi connectivity index (χ0v) is 24.7. The van der Waals surface area contributed by atoms with Crippen molar-refractivity contribution in [2.45, 2.75) is 44.5 Å². The molecule has 0 saturated heterocycles. The fourth-order valence-corrected chi connectivity index (χ4v) is 5.98. The number of unbranched alkanes of at least 4 members (excludes halogenated alkanes) is 1. The van der Waals surface area contributed by atoms with E-state index >= 15 is 0 Å². The summed E-state index contributed by atoms with van der Waals surface area (Å²) in [6.45, 7) is 2.99. The topological polar surface area (TPSA) is 49.4 Å². The summed E-state index contributed by atoms with van der Waals surface area (Å²) in [4.78, 5) is 28.9. The molecule has 2 amide bonds. The van der Waals surface area contributed by atoms with Gasteiger partial charge in [0.15, 0.2) is 0 Å². The fraction of sp³-hybridized carbons (Fsp3) is 0.310. The van der Waals surface area contributed by atoms with Gasteiger partial charge >= 0.3 is 0 Å². The highest BCUT2D eigenvalue weighted by atomic mass is 79.9. The number of halogens is 3. The molecular weight excluding hydrogens is 591 g/mol. The van der Waals surface area contributed by atoms with E-state index in [4.69, 9.17) is 23.2 Å². The van der Waals surface area contributed by atoms with Crippen molar-refractivity contribution in [2.24, 2.45) is 0 Å². The van der Waals surface area contributed by atoms with E-state index in [0.29, 0.717) is 35.3 Å². The Kier molecular flexibility index (Phi) is 12.3. The number of rotatable bonds is 13. The molecule has 37 heavy (non-hydrogen) atoms. The van der Waals surface area contributed by atoms with E-state index in [1.165, 1.54) is 11.8 Å². The SMILES string of the molecule is CCCCNC(=O)[C@@H](Cc1ccccc1)N(Cc1cccc(Br)c1)C(=O)CSCc1c(Cl)cccc1Cl. The molecular formula is C29H31BrCl2N2O2S. The van der Waals surface area contributed by atoms with Crippen molar-refractivity contribution in [2.75, 3.05) is 12.3 Å². The minimum atomic E-state index is -0.643. The average Bonchev–Trinajstić information content (AvgIpc) is 2.88. The van der Waals surface area contributed by atoms with Gasteiger partial charge in [-0.15, -0.1) is 11.8 Å². The second kappa shape index (κ2) is 15.4. The maximum Gasteiger partial charge on any atom is 0.243 e. The summed E-state index contributed by atoms with van der Waals surface area (Å²) in [7, 11) is 0. The highest BCUT2D eigenvalue weighted by Gasteiger charge is 2.30. The zero-order valence-electron chi connectivity index (χ0n) is 20.8. The zero-order chi connectivity index (χ0) is 26.6. The lowest BCUT2D eigenvalue weighted by molar-refractivity contribution is -0.139. The first-order valence-electron chi connectivity index (χ1n) is 12.2. The van der Waals surface area contributed by atoms with Gasteiger partial charge in [-0.2, -0.15) is 0 Å². The predicted octanol–water partition coefficient (Wildman–Crippen LogP) is 7.55. The smallest absolute Gasteiger partial charge is 0.243 e. The number of hydrogen-bond acceptors (Lipinski definition) is 3. The fourth-order valence-electron chi connectivity index (χ4n) is 3.89. The quantitative estimate of drug-likeness (QED) is 0.201. The van der Waals surface area contributed by atoms with Gasteiger partial charge in [0.1, 0.15) is 6.04 Å². The van der Waals surface area contributed by atoms with Crippen molar-refractivity contribution in [1.29, 1.82) is 0 Å². The predicted molar refractivity (Wildman–Crippen MR) is 159 cm³/mol. The van der Waals surface area contributed by atoms with Crippen LogP contribution in [0.2, 0.25) is 10.0 Å². The van der Waals surface area contributed by atoms with Gasteiger partial charge in [-0.25, -0.2) is 0 Å². The standard InChI is InChI=1S/C29H31BrCl2N2O2S/c1-2-3-15-33-29(36)27(17-21-9-5-4-6-10-21)34(18-22-11-7-12-23(30)16-22)28(35)20-37-19-24-25(31)13-8-14-26(24)32/h4-14,16,27H,2-3,15,17-20H2,1H3,(H,33,36)/t27-/m1/s1. The average molecular weight is 622 g/mol. The Morgan fingerprint density at radius 2 is 1.65 bits per heavy atom. The summed E-state index contributed by atoms with van der Waals surface area (Å²) in [5.41, 5.74) is 2.75. The largest absolute Gasteiger partial charge is 0.354 e. The van der Waals surface area contributed by atoms with E-state index in [2.05, 4.69) is 28.2 Å². The first-order chi connectivity index (χ1) is 17.9. The molecule has 3 aromatic rings. The van der Waals surface area contributed by atoms with Crippen LogP contribution in [0.15, 0.2) is 77.3 Å². The van der Waals surface area contributed by atoms with Gasteiger partial charge in [-0.05, 0) is 47.4 Å². The molecule has 1 atom stereocenters. The summed E-state index contributed by atoms with van der Waals surface area (Å²) in [6.07, 6.45) is 2.29. The van der Waals surface area contributed by atoms with Crippen LogP contribution < -0.4 is 5.32 Å². The Bertz CT molecular complexity index is 1160. The van der Waals surface area contributed by atoms with Crippen molar-refractivity contribution < 1.29 is 9.59 Å². The lowest BCUT2D eigenvalue weighted by atomic mass is 10.0. The van der Waals surface area contributed by atoms with Crippen molar-refractivity contribution in [3.8, 4) is 0 Å². The number of hydrogen-bond donors (Lipinski definition) is 1. The lowest BCUT2D eigenvalue weighted by Crippen LogP contribution is -2.51. The van der Waals surface area contributed by atoms with Gasteiger partial charge in [0.05, 0.1) is 5.75 Å². The van der Waals surface area contributed by atoms with Crippen LogP contribution in [0, 0.1) is 0 Å². The van der Waals surface area contributed by atoms with E-state index in [1.54, 1.807) is 23.1 Å². The Morgan fingerprint density at radius 1 is 0.973 bits per heavy atom. The third-order valence-electron chi connectivity index (χ3n) is 5.88. The minimum absolute atomic E-state index is 0.111. The third-order valence-corrected chi connectivity index (χ3v) is 8.02. The molecule has 0 aliphatic heterocycles. The van der Waals surface area contributed by atoms with Crippen LogP contribution in [0.25, 0.3) is 0 Å². The number of nitrogens with one attached hydrogen (secondary N) is 1. The molecule has 0 bridgehead atoms. The number of benzene rings is 3. The second-order valence-corrected chi connectivity index (χ2v) is 11.4. The lowest BCUT2D eigenvalue weighted by Gasteiger charge is -2.31. The molecule has 0 spiro atoms. The Hall–Kier alpha value is -1.99. The summed E-state index contributed by atoms with van der Waals surface area (Å²) in [5.74, 6) is 0.448. The van der Waals surface area contributed by atoms with E-state index < -0.39 is 6.04 Å². The van der Waals surface area contributed by atoms with E-state index in [-0.39, 0.29) is 17.6 Å². The van der Waals surface area contributed by atoms with Crippen LogP contribution in [0.4, 0.5) is 0 Å². The van der Waals surface area contributed by atoms with Crippen molar-refractivity contribution >= 4 is 62.7 Å². The first-order valence-corrected chi connectivity index (χ1v) is 15.0. The van der Waals surface area contributed by atoms with Gasteiger partial charge in [-0.3, -0.25) is 9.59 Å². The van der Waals surface area contributed by atoms with Gasteiger partial charge in [0.2, 0.25) is 11.8 Å². The molecule has 0 aliphatic carbocycles. The van der Waals surface area contributed by atoms with Gasteiger partial charge in [0, 0.05) is 39.8 Å². The molecule has 1 N–H and O–H groups in total. The molecule has 0 fully saturated rings. The molecule has 0 radical (unpaired) electrons. The summed E-state index contributed by atoms with van der Waals surface area (Å²) < 4.78 is 0.923. The molecule has 0 aliphatic rings. The van der Waals surface area contributed by atoms with Crippen LogP contribution in [0.5, 0.6) is 0 Å². The summed E-state index contributed by atoms with van der Waals surface area (Å²) in [5, 5.41) is 4.21. The maximum absolute atomic E-state index is 13.7. The first kappa shape index (κ1) is 29.6. The van der Waals surface area contributed by atoms with Crippen molar-refractivity contribution in [3.05, 3.63) is 104 Å². The molecule has 196 valence electrons. The van der Waals surface area contributed by atoms with Crippen LogP contribution in [0.1, 0.15) is 36.5 Å². The van der Waals surface area contributed by atoms with E-state index in [9.17, 15) is 9.59 Å². The number of thioether (sulfide) groups is 1. The normalized spacial score (nSPS) is 11.7. The van der Waals surface area contributed by atoms with Gasteiger partial charge in [-0.1, -0.05) is 101 Å². The molecule has 0 heterocycles. The monoisotopic (exact) mass is 620 g/mol. The van der Waals surface area contributed by atoms with Gasteiger partial charge < -0.3 is 10.2 Å². The molecule has 3 aromatic carbocycles. The highest BCUT2D eigenvalue weighted by Crippen LogP contribution is 2.28. The van der Waals surface area contributed by atoms with Crippen molar-refractivity contribution in [3.63, 3.8) is 0 Å². The number of carbonyl (C=O) groups excluding carboxylic acids is 2. The molecule has 0 saturated carbocycles. The van der Waals surface area contributed by atoms with Gasteiger partial charge in [0.25, 0.3) is 0 Å². The molecule has 0 aromatic heterocycles. The van der Waals surface area contributed by atoms with E-state index in [1.807, 2.05) is 54.6 Å². The van der Waals surface area contributed by atoms with Crippen molar-refractivity contribution in [1.82, 2.24) is 10.2 Å². The number of nitrogens with zero attached hydrogens (tertiary/aromatic N) is 1. The minimum Gasteiger partial charge on any atom is -0.354 e. The Morgan fingerprint density at radius 3 is 2.32 bits per heavy atom. The van der Waals surface area contributed by atoms with Crippen LogP contribution >= 0.6 is 50.9 Å². The molecule has 8 heteroatoms. The third kappa shape index (κ3) is 9.36. The Balaban J connectivity index is 1.85. The summed E-state index contributed by atoms with van der Waals surface area (Å²) >= 11 is 17.6. The molecule has 3 rings (SSSR count). The maximum atomic E-state index is 13.7. The molecule has 0 unspecified atom stereocenters. The van der Waals surface area contributed by atoms with Crippen LogP contribution in [-0.4, -0.2) is 35.1 Å². The summed E-state index contributed by atoms with van der Waals surface area (Å²) in [6, 6.07) is 22.4.